The van der Waals surface area contributed by atoms with E-state index in [9.17, 15) is 14.4 Å². The number of ether oxygens (including phenoxy) is 1. The summed E-state index contributed by atoms with van der Waals surface area (Å²) >= 11 is 0. The first-order chi connectivity index (χ1) is 11.3. The topological polar surface area (TPSA) is 102 Å². The Morgan fingerprint density at radius 3 is 2.17 bits per heavy atom. The van der Waals surface area contributed by atoms with Crippen molar-refractivity contribution in [2.45, 2.75) is 77.9 Å². The zero-order valence-electron chi connectivity index (χ0n) is 15.6. The molecule has 140 valence electrons. The van der Waals surface area contributed by atoms with E-state index in [4.69, 9.17) is 10.5 Å². The molecule has 0 spiro atoms. The van der Waals surface area contributed by atoms with E-state index >= 15 is 0 Å². The van der Waals surface area contributed by atoms with E-state index in [1.807, 2.05) is 13.8 Å². The van der Waals surface area contributed by atoms with Crippen LogP contribution in [0.25, 0.3) is 0 Å². The Bertz CT molecular complexity index is 415. The molecule has 0 aromatic heterocycles. The smallest absolute Gasteiger partial charge is 0.328 e. The van der Waals surface area contributed by atoms with Crippen molar-refractivity contribution in [3.8, 4) is 0 Å². The quantitative estimate of drug-likeness (QED) is 0.433. The van der Waals surface area contributed by atoms with Gasteiger partial charge in [-0.1, -0.05) is 33.1 Å². The first-order valence-corrected chi connectivity index (χ1v) is 8.74. The summed E-state index contributed by atoms with van der Waals surface area (Å²) in [6.45, 7) is 7.72. The lowest BCUT2D eigenvalue weighted by Crippen LogP contribution is -2.58. The van der Waals surface area contributed by atoms with Gasteiger partial charge >= 0.3 is 5.97 Å². The second-order valence-corrected chi connectivity index (χ2v) is 6.01. The fourth-order valence-electron chi connectivity index (χ4n) is 2.40. The third kappa shape index (κ3) is 6.86. The molecule has 0 unspecified atom stereocenters. The van der Waals surface area contributed by atoms with Crippen LogP contribution >= 0.6 is 0 Å². The van der Waals surface area contributed by atoms with E-state index in [1.165, 1.54) is 12.0 Å². The summed E-state index contributed by atoms with van der Waals surface area (Å²) in [6.07, 6.45) is 4.06. The van der Waals surface area contributed by atoms with Crippen LogP contribution in [0.4, 0.5) is 0 Å². The van der Waals surface area contributed by atoms with Gasteiger partial charge in [0, 0.05) is 6.54 Å². The van der Waals surface area contributed by atoms with E-state index in [0.29, 0.717) is 13.0 Å². The van der Waals surface area contributed by atoms with Crippen LogP contribution in [0, 0.1) is 0 Å². The highest BCUT2D eigenvalue weighted by Crippen LogP contribution is 2.12. The van der Waals surface area contributed by atoms with E-state index in [1.54, 1.807) is 13.8 Å². The second-order valence-electron chi connectivity index (χ2n) is 6.01. The summed E-state index contributed by atoms with van der Waals surface area (Å²) in [5, 5.41) is 2.79. The molecular formula is C17H33N3O4. The van der Waals surface area contributed by atoms with Gasteiger partial charge in [0.05, 0.1) is 13.2 Å². The molecule has 3 atom stereocenters. The third-order valence-electron chi connectivity index (χ3n) is 4.03. The first-order valence-electron chi connectivity index (χ1n) is 8.74. The Labute approximate surface area is 145 Å². The van der Waals surface area contributed by atoms with Gasteiger partial charge in [0.15, 0.2) is 0 Å². The normalized spacial score (nSPS) is 14.4. The van der Waals surface area contributed by atoms with Gasteiger partial charge < -0.3 is 20.7 Å². The maximum atomic E-state index is 12.7. The number of rotatable bonds is 11. The Balaban J connectivity index is 5.20. The Morgan fingerprint density at radius 2 is 1.67 bits per heavy atom. The number of carbonyl (C=O) groups is 3. The molecule has 0 saturated carbocycles. The summed E-state index contributed by atoms with van der Waals surface area (Å²) in [6, 6.07) is -2.40. The number of unbranched alkanes of at least 4 members (excludes halogenated alkanes) is 2. The first kappa shape index (κ1) is 22.4. The van der Waals surface area contributed by atoms with E-state index in [-0.39, 0.29) is 5.91 Å². The van der Waals surface area contributed by atoms with Gasteiger partial charge in [0.2, 0.25) is 11.8 Å². The molecule has 0 rings (SSSR count). The van der Waals surface area contributed by atoms with Crippen LogP contribution in [0.15, 0.2) is 0 Å². The molecule has 0 aliphatic rings. The minimum absolute atomic E-state index is 0.296. The minimum Gasteiger partial charge on any atom is -0.467 e. The van der Waals surface area contributed by atoms with E-state index < -0.39 is 30.0 Å². The third-order valence-corrected chi connectivity index (χ3v) is 4.03. The van der Waals surface area contributed by atoms with Gasteiger partial charge in [0.1, 0.15) is 12.1 Å². The molecule has 0 bridgehead atoms. The molecule has 7 heteroatoms. The zero-order chi connectivity index (χ0) is 18.7. The number of esters is 1. The number of nitrogens with two attached hydrogens (primary N) is 1. The van der Waals surface area contributed by atoms with Crippen molar-refractivity contribution in [2.24, 2.45) is 5.73 Å². The van der Waals surface area contributed by atoms with Crippen LogP contribution in [0.3, 0.4) is 0 Å². The molecule has 0 aromatic rings. The Morgan fingerprint density at radius 1 is 1.08 bits per heavy atom. The lowest BCUT2D eigenvalue weighted by molar-refractivity contribution is -0.156. The summed E-state index contributed by atoms with van der Waals surface area (Å²) in [5.74, 6) is -1.27. The maximum absolute atomic E-state index is 12.7. The van der Waals surface area contributed by atoms with Crippen LogP contribution in [0.1, 0.15) is 59.8 Å². The van der Waals surface area contributed by atoms with Gasteiger partial charge in [-0.3, -0.25) is 9.59 Å². The van der Waals surface area contributed by atoms with Crippen LogP contribution in [0.2, 0.25) is 0 Å². The predicted octanol–water partition coefficient (Wildman–Crippen LogP) is 1.20. The lowest BCUT2D eigenvalue weighted by atomic mass is 10.1. The van der Waals surface area contributed by atoms with Crippen LogP contribution < -0.4 is 11.1 Å². The predicted molar refractivity (Wildman–Crippen MR) is 93.2 cm³/mol. The summed E-state index contributed by atoms with van der Waals surface area (Å²) < 4.78 is 4.73. The number of nitrogens with zero attached hydrogens (tertiary/aromatic N) is 1. The van der Waals surface area contributed by atoms with Crippen LogP contribution in [-0.2, 0) is 19.1 Å². The number of methoxy groups -OCH3 is 1. The van der Waals surface area contributed by atoms with Gasteiger partial charge in [-0.25, -0.2) is 4.79 Å². The Hall–Kier alpha value is -1.63. The molecule has 0 aliphatic carbocycles. The number of hydrogen-bond donors (Lipinski definition) is 2. The van der Waals surface area contributed by atoms with Crippen LogP contribution in [-0.4, -0.2) is 54.5 Å². The zero-order valence-corrected chi connectivity index (χ0v) is 15.6. The molecule has 3 N–H and O–H groups in total. The lowest BCUT2D eigenvalue weighted by Gasteiger charge is -2.34. The average molecular weight is 343 g/mol. The molecule has 0 heterocycles. The fourth-order valence-corrected chi connectivity index (χ4v) is 2.40. The summed E-state index contributed by atoms with van der Waals surface area (Å²) in [7, 11) is 1.25. The molecular weight excluding hydrogens is 310 g/mol. The van der Waals surface area contributed by atoms with Crippen molar-refractivity contribution in [3.63, 3.8) is 0 Å². The van der Waals surface area contributed by atoms with Gasteiger partial charge in [-0.05, 0) is 26.7 Å². The molecule has 24 heavy (non-hydrogen) atoms. The van der Waals surface area contributed by atoms with Crippen molar-refractivity contribution in [3.05, 3.63) is 0 Å². The highest BCUT2D eigenvalue weighted by Gasteiger charge is 2.36. The highest BCUT2D eigenvalue weighted by molar-refractivity contribution is 5.92. The van der Waals surface area contributed by atoms with Gasteiger partial charge in [-0.15, -0.1) is 0 Å². The molecule has 0 saturated heterocycles. The largest absolute Gasteiger partial charge is 0.467 e. The highest BCUT2D eigenvalue weighted by atomic mass is 16.5. The number of nitrogens with one attached hydrogen (secondary N) is 1. The van der Waals surface area contributed by atoms with Crippen molar-refractivity contribution in [1.82, 2.24) is 10.2 Å². The molecule has 7 nitrogen and oxygen atoms in total. The van der Waals surface area contributed by atoms with Crippen molar-refractivity contribution >= 4 is 17.8 Å². The average Bonchev–Trinajstić information content (AvgIpc) is 2.58. The number of carbonyl (C=O) groups excluding carboxylic acids is 3. The fraction of sp³-hybridized carbons (Fsp3) is 0.824. The van der Waals surface area contributed by atoms with Crippen molar-refractivity contribution in [2.75, 3.05) is 13.7 Å². The number of hydrogen-bond acceptors (Lipinski definition) is 5. The van der Waals surface area contributed by atoms with Gasteiger partial charge in [-0.2, -0.15) is 0 Å². The number of amides is 2. The van der Waals surface area contributed by atoms with E-state index in [2.05, 4.69) is 5.32 Å². The molecule has 0 fully saturated rings. The molecule has 0 aromatic carbocycles. The van der Waals surface area contributed by atoms with Crippen LogP contribution in [0.5, 0.6) is 0 Å². The minimum atomic E-state index is -0.873. The standard InChI is InChI=1S/C17H33N3O4/c1-6-8-10-14(18)16(22)20(13(4)17(23)24-5)12(3)15(21)19-11-9-7-2/h12-14H,6-11,18H2,1-5H3,(H,19,21)/t12-,13+,14-/m0/s1. The van der Waals surface area contributed by atoms with Crippen molar-refractivity contribution in [1.29, 1.82) is 0 Å². The summed E-state index contributed by atoms with van der Waals surface area (Å²) in [4.78, 5) is 38.2. The Kier molecular flexibility index (Phi) is 11.0. The maximum Gasteiger partial charge on any atom is 0.328 e. The van der Waals surface area contributed by atoms with Gasteiger partial charge in [0.25, 0.3) is 0 Å². The second kappa shape index (κ2) is 11.8. The molecule has 0 aliphatic heterocycles. The SMILES string of the molecule is CCCCNC(=O)[C@H](C)N(C(=O)[C@@H](N)CCCC)[C@H](C)C(=O)OC. The summed E-state index contributed by atoms with van der Waals surface area (Å²) in [5.41, 5.74) is 5.97. The van der Waals surface area contributed by atoms with E-state index in [0.717, 1.165) is 25.7 Å². The monoisotopic (exact) mass is 343 g/mol. The van der Waals surface area contributed by atoms with Crippen molar-refractivity contribution < 1.29 is 19.1 Å². The molecule has 0 radical (unpaired) electrons. The molecule has 2 amide bonds.